The number of carbonyl (C=O) groups excluding carboxylic acids is 1. The number of anilines is 1. The van der Waals surface area contributed by atoms with Gasteiger partial charge in [0.15, 0.2) is 0 Å². The Kier molecular flexibility index (Phi) is 5.25. The summed E-state index contributed by atoms with van der Waals surface area (Å²) in [4.78, 5) is 32.2. The maximum Gasteiger partial charge on any atom is 0.416 e. The molecule has 0 aromatic heterocycles. The number of nitro benzene ring substituents is 2. The monoisotopic (exact) mass is 335 g/mol. The van der Waals surface area contributed by atoms with E-state index in [2.05, 4.69) is 0 Å². The number of hydrogen-bond donors (Lipinski definition) is 0. The van der Waals surface area contributed by atoms with Crippen LogP contribution in [0.4, 0.5) is 30.2 Å². The molecule has 0 saturated heterocycles. The minimum atomic E-state index is -5.00. The number of nitrogens with zero attached hydrogens (tertiary/aromatic N) is 3. The first-order chi connectivity index (χ1) is 10.5. The van der Waals surface area contributed by atoms with E-state index in [1.165, 1.54) is 0 Å². The zero-order chi connectivity index (χ0) is 17.9. The summed E-state index contributed by atoms with van der Waals surface area (Å²) in [5, 5.41) is 22.1. The van der Waals surface area contributed by atoms with Crippen LogP contribution in [0.5, 0.6) is 0 Å². The highest BCUT2D eigenvalue weighted by Gasteiger charge is 2.39. The van der Waals surface area contributed by atoms with Gasteiger partial charge in [-0.15, -0.1) is 0 Å². The van der Waals surface area contributed by atoms with Gasteiger partial charge in [0.25, 0.3) is 0 Å². The molecule has 0 bridgehead atoms. The third-order valence-electron chi connectivity index (χ3n) is 2.96. The van der Waals surface area contributed by atoms with Gasteiger partial charge in [-0.3, -0.25) is 25.0 Å². The van der Waals surface area contributed by atoms with E-state index < -0.39 is 44.6 Å². The van der Waals surface area contributed by atoms with Crippen molar-refractivity contribution in [2.75, 3.05) is 11.9 Å². The van der Waals surface area contributed by atoms with Crippen molar-refractivity contribution in [2.45, 2.75) is 25.9 Å². The van der Waals surface area contributed by atoms with E-state index >= 15 is 0 Å². The first-order valence-electron chi connectivity index (χ1n) is 6.31. The number of nitro groups is 2. The predicted octanol–water partition coefficient (Wildman–Crippen LogP) is 3.28. The molecule has 0 saturated carbocycles. The number of halogens is 3. The second-order valence-electron chi connectivity index (χ2n) is 4.58. The molecule has 126 valence electrons. The second kappa shape index (κ2) is 6.58. The van der Waals surface area contributed by atoms with Crippen LogP contribution in [0.2, 0.25) is 0 Å². The number of alkyl halides is 3. The van der Waals surface area contributed by atoms with Crippen molar-refractivity contribution < 1.29 is 27.8 Å². The molecule has 0 aliphatic heterocycles. The Balaban J connectivity index is 3.69. The summed E-state index contributed by atoms with van der Waals surface area (Å²) >= 11 is 0. The highest BCUT2D eigenvalue weighted by Crippen LogP contribution is 2.42. The summed E-state index contributed by atoms with van der Waals surface area (Å²) in [7, 11) is 1.04. The Hall–Kier alpha value is -2.72. The highest BCUT2D eigenvalue weighted by atomic mass is 19.4. The summed E-state index contributed by atoms with van der Waals surface area (Å²) in [6.45, 7) is 1.64. The fraction of sp³-hybridized carbons (Fsp3) is 0.417. The van der Waals surface area contributed by atoms with Gasteiger partial charge in [-0.25, -0.2) is 0 Å². The van der Waals surface area contributed by atoms with Crippen LogP contribution in [0.3, 0.4) is 0 Å². The van der Waals surface area contributed by atoms with Crippen LogP contribution >= 0.6 is 0 Å². The molecule has 0 radical (unpaired) electrons. The first kappa shape index (κ1) is 18.3. The minimum Gasteiger partial charge on any atom is -0.304 e. The average molecular weight is 335 g/mol. The lowest BCUT2D eigenvalue weighted by Gasteiger charge is -2.18. The van der Waals surface area contributed by atoms with Crippen molar-refractivity contribution in [1.82, 2.24) is 0 Å². The molecule has 0 unspecified atom stereocenters. The lowest BCUT2D eigenvalue weighted by atomic mass is 10.1. The second-order valence-corrected chi connectivity index (χ2v) is 4.58. The molecule has 0 N–H and O–H groups in total. The zero-order valence-corrected chi connectivity index (χ0v) is 12.1. The molecule has 11 heteroatoms. The molecule has 0 aliphatic rings. The minimum absolute atomic E-state index is 0.0637. The molecule has 1 amide bonds. The van der Waals surface area contributed by atoms with E-state index in [9.17, 15) is 38.2 Å². The van der Waals surface area contributed by atoms with Crippen molar-refractivity contribution in [1.29, 1.82) is 0 Å². The van der Waals surface area contributed by atoms with Crippen LogP contribution in [0.15, 0.2) is 12.1 Å². The standard InChI is InChI=1S/C12H12F3N3O5/c1-3-4-10(19)16(2)11-8(17(20)21)5-7(12(13,14)15)6-9(11)18(22)23/h5-6H,3-4H2,1-2H3. The van der Waals surface area contributed by atoms with E-state index in [1.807, 2.05) is 0 Å². The van der Waals surface area contributed by atoms with Gasteiger partial charge in [0.05, 0.1) is 15.4 Å². The number of hydrogen-bond acceptors (Lipinski definition) is 5. The largest absolute Gasteiger partial charge is 0.416 e. The lowest BCUT2D eigenvalue weighted by Crippen LogP contribution is -2.27. The molecule has 8 nitrogen and oxygen atoms in total. The molecule has 0 atom stereocenters. The molecule has 1 aromatic rings. The fourth-order valence-corrected chi connectivity index (χ4v) is 1.90. The van der Waals surface area contributed by atoms with Gasteiger partial charge < -0.3 is 4.90 Å². The molecule has 0 fully saturated rings. The van der Waals surface area contributed by atoms with E-state index in [1.54, 1.807) is 6.92 Å². The number of benzene rings is 1. The van der Waals surface area contributed by atoms with E-state index in [4.69, 9.17) is 0 Å². The zero-order valence-electron chi connectivity index (χ0n) is 12.1. The molecule has 1 rings (SSSR count). The van der Waals surface area contributed by atoms with Crippen molar-refractivity contribution in [3.8, 4) is 0 Å². The summed E-state index contributed by atoms with van der Waals surface area (Å²) in [5.41, 5.74) is -4.61. The first-order valence-corrected chi connectivity index (χ1v) is 6.31. The van der Waals surface area contributed by atoms with Gasteiger partial charge in [-0.1, -0.05) is 6.92 Å². The highest BCUT2D eigenvalue weighted by molar-refractivity contribution is 5.98. The third-order valence-corrected chi connectivity index (χ3v) is 2.96. The van der Waals surface area contributed by atoms with E-state index in [0.29, 0.717) is 11.3 Å². The Bertz CT molecular complexity index is 625. The Morgan fingerprint density at radius 1 is 1.17 bits per heavy atom. The summed E-state index contributed by atoms with van der Waals surface area (Å²) in [5.74, 6) is -0.682. The van der Waals surface area contributed by atoms with Crippen molar-refractivity contribution in [2.24, 2.45) is 0 Å². The summed E-state index contributed by atoms with van der Waals surface area (Å²) < 4.78 is 38.3. The maximum atomic E-state index is 12.8. The number of amides is 1. The SMILES string of the molecule is CCCC(=O)N(C)c1c([N+](=O)[O-])cc(C(F)(F)F)cc1[N+](=O)[O-]. The summed E-state index contributed by atoms with van der Waals surface area (Å²) in [6, 6.07) is 0.357. The molecular weight excluding hydrogens is 323 g/mol. The van der Waals surface area contributed by atoms with Gasteiger partial charge >= 0.3 is 17.6 Å². The van der Waals surface area contributed by atoms with Gasteiger partial charge in [0.1, 0.15) is 0 Å². The molecular formula is C12H12F3N3O5. The Morgan fingerprint density at radius 2 is 1.61 bits per heavy atom. The Morgan fingerprint density at radius 3 is 1.91 bits per heavy atom. The van der Waals surface area contributed by atoms with Crippen LogP contribution in [-0.4, -0.2) is 22.8 Å². The molecule has 0 aliphatic carbocycles. The van der Waals surface area contributed by atoms with Crippen LogP contribution < -0.4 is 4.90 Å². The van der Waals surface area contributed by atoms with E-state index in [0.717, 1.165) is 7.05 Å². The molecule has 1 aromatic carbocycles. The normalized spacial score (nSPS) is 11.2. The quantitative estimate of drug-likeness (QED) is 0.606. The maximum absolute atomic E-state index is 12.8. The topological polar surface area (TPSA) is 107 Å². The van der Waals surface area contributed by atoms with Gasteiger partial charge in [0, 0.05) is 25.6 Å². The predicted molar refractivity (Wildman–Crippen MR) is 73.1 cm³/mol. The van der Waals surface area contributed by atoms with Crippen molar-refractivity contribution >= 4 is 23.0 Å². The smallest absolute Gasteiger partial charge is 0.304 e. The molecule has 0 spiro atoms. The van der Waals surface area contributed by atoms with Gasteiger partial charge in [-0.05, 0) is 6.42 Å². The number of rotatable bonds is 5. The number of carbonyl (C=O) groups is 1. The molecule has 0 heterocycles. The average Bonchev–Trinajstić information content (AvgIpc) is 2.44. The fourth-order valence-electron chi connectivity index (χ4n) is 1.90. The van der Waals surface area contributed by atoms with Crippen molar-refractivity contribution in [3.05, 3.63) is 37.9 Å². The van der Waals surface area contributed by atoms with Gasteiger partial charge in [-0.2, -0.15) is 13.2 Å². The van der Waals surface area contributed by atoms with Crippen LogP contribution in [-0.2, 0) is 11.0 Å². The Labute approximate surface area is 127 Å². The molecule has 23 heavy (non-hydrogen) atoms. The lowest BCUT2D eigenvalue weighted by molar-refractivity contribution is -0.393. The third kappa shape index (κ3) is 3.93. The van der Waals surface area contributed by atoms with Crippen LogP contribution in [0.25, 0.3) is 0 Å². The van der Waals surface area contributed by atoms with Crippen LogP contribution in [0, 0.1) is 20.2 Å². The van der Waals surface area contributed by atoms with Crippen LogP contribution in [0.1, 0.15) is 25.3 Å². The van der Waals surface area contributed by atoms with E-state index in [-0.39, 0.29) is 18.6 Å². The summed E-state index contributed by atoms with van der Waals surface area (Å²) in [6.07, 6.45) is -4.70. The van der Waals surface area contributed by atoms with Gasteiger partial charge in [0.2, 0.25) is 11.6 Å². The van der Waals surface area contributed by atoms with Crippen molar-refractivity contribution in [3.63, 3.8) is 0 Å².